The molecule has 0 saturated carbocycles. The first kappa shape index (κ1) is 4.82. The van der Waals surface area contributed by atoms with Gasteiger partial charge in [0, 0.05) is 0 Å². The number of hydrogen-bond acceptors (Lipinski definition) is 0. The third kappa shape index (κ3) is 13.9. The molecule has 1 atom stereocenters. The molecule has 0 nitrogen and oxygen atoms in total. The molecule has 0 aliphatic heterocycles. The molecule has 0 aliphatic carbocycles. The van der Waals surface area contributed by atoms with E-state index in [1.807, 2.05) is 0 Å². The summed E-state index contributed by atoms with van der Waals surface area (Å²) in [6.07, 6.45) is 0. The highest BCUT2D eigenvalue weighted by molar-refractivity contribution is 7.64. The Bertz CT molecular complexity index is 29.0. The van der Waals surface area contributed by atoms with E-state index in [4.69, 9.17) is 0 Å². The lowest BCUT2D eigenvalue weighted by Gasteiger charge is -1.63. The van der Waals surface area contributed by atoms with Crippen molar-refractivity contribution < 1.29 is 0 Å². The van der Waals surface area contributed by atoms with Crippen LogP contribution in [0.4, 0.5) is 0 Å². The molecular weight excluding hydrogens is 102 g/mol. The monoisotopic (exact) mass is 105 g/mol. The van der Waals surface area contributed by atoms with Crippen LogP contribution in [-0.4, -0.2) is 14.9 Å². The van der Waals surface area contributed by atoms with Crippen molar-refractivity contribution in [3.05, 3.63) is 0 Å². The van der Waals surface area contributed by atoms with Crippen molar-refractivity contribution in [3.63, 3.8) is 0 Å². The molecule has 0 aromatic carbocycles. The first-order valence-corrected chi connectivity index (χ1v) is 2.37. The Morgan fingerprint density at radius 1 is 2.00 bits per heavy atom. The van der Waals surface area contributed by atoms with Crippen LogP contribution in [0.25, 0.3) is 0 Å². The van der Waals surface area contributed by atoms with Crippen LogP contribution >= 0.6 is 18.1 Å². The maximum Gasteiger partial charge on any atom is 0.0773 e. The topological polar surface area (TPSA) is 0 Å². The fourth-order valence-electron chi connectivity index (χ4n) is 0. The van der Waals surface area contributed by atoms with E-state index >= 15 is 0 Å². The smallest absolute Gasteiger partial charge is 0.0773 e. The van der Waals surface area contributed by atoms with Gasteiger partial charge in [-0.2, -0.15) is 0 Å². The largest absolute Gasteiger partial charge is 0.124 e. The Morgan fingerprint density at radius 3 is 2.00 bits per heavy atom. The minimum Gasteiger partial charge on any atom is -0.124 e. The van der Waals surface area contributed by atoms with Gasteiger partial charge in [0.15, 0.2) is 0 Å². The van der Waals surface area contributed by atoms with Crippen LogP contribution in [0.5, 0.6) is 0 Å². The average molecular weight is 105 g/mol. The Morgan fingerprint density at radius 2 is 2.00 bits per heavy atom. The van der Waals surface area contributed by atoms with Gasteiger partial charge in [-0.05, 0) is 0 Å². The summed E-state index contributed by atoms with van der Waals surface area (Å²) < 4.78 is 0.944. The zero-order valence-electron chi connectivity index (χ0n) is 2.08. The summed E-state index contributed by atoms with van der Waals surface area (Å²) in [5, 5.41) is 0. The van der Waals surface area contributed by atoms with E-state index in [1.54, 1.807) is 0 Å². The molecule has 4 heavy (non-hydrogen) atoms. The van der Waals surface area contributed by atoms with E-state index in [2.05, 4.69) is 28.3 Å². The molecule has 0 heterocycles. The Hall–Kier alpha value is 0.817. The summed E-state index contributed by atoms with van der Waals surface area (Å²) in [6, 6.07) is 0. The van der Waals surface area contributed by atoms with Crippen LogP contribution in [0.2, 0.25) is 0 Å². The van der Waals surface area contributed by atoms with Crippen LogP contribution < -0.4 is 0 Å². The molecule has 0 bridgehead atoms. The quantitative estimate of drug-likeness (QED) is 0.306. The van der Waals surface area contributed by atoms with Crippen LogP contribution in [0.3, 0.4) is 0 Å². The lowest BCUT2D eigenvalue weighted by atomic mass is 11.9. The van der Waals surface area contributed by atoms with Crippen molar-refractivity contribution >= 4 is 33.0 Å². The molecule has 0 fully saturated rings. The van der Waals surface area contributed by atoms with Crippen molar-refractivity contribution in [3.8, 4) is 0 Å². The molecule has 0 aromatic heterocycles. The van der Waals surface area contributed by atoms with Gasteiger partial charge < -0.3 is 0 Å². The summed E-state index contributed by atoms with van der Waals surface area (Å²) in [4.78, 5) is 0. The highest BCUT2D eigenvalue weighted by Gasteiger charge is 1.54. The highest BCUT2D eigenvalue weighted by atomic mass is 31.1. The van der Waals surface area contributed by atoms with Crippen molar-refractivity contribution in [2.75, 3.05) is 0 Å². The van der Waals surface area contributed by atoms with E-state index in [-0.39, 0.29) is 0 Å². The second-order valence-corrected chi connectivity index (χ2v) is 3.72. The fraction of sp³-hybridized carbons (Fsp3) is 0. The summed E-state index contributed by atoms with van der Waals surface area (Å²) in [6.45, 7) is 0. The SMILES string of the molecule is [Si]C(=P)P. The second-order valence-electron chi connectivity index (χ2n) is 0.414. The van der Waals surface area contributed by atoms with Gasteiger partial charge in [0.1, 0.15) is 0 Å². The maximum absolute atomic E-state index is 3.10. The first-order valence-electron chi connectivity index (χ1n) is 0.789. The van der Waals surface area contributed by atoms with Gasteiger partial charge in [0.05, 0.1) is 10.2 Å². The fourth-order valence-corrected chi connectivity index (χ4v) is 0. The average Bonchev–Trinajstić information content (AvgIpc) is 0.811. The van der Waals surface area contributed by atoms with Crippen LogP contribution in [0.15, 0.2) is 0 Å². The van der Waals surface area contributed by atoms with E-state index < -0.39 is 0 Å². The molecule has 1 unspecified atom stereocenters. The molecular formula is CH3P2Si. The Balaban J connectivity index is 2.80. The van der Waals surface area contributed by atoms with Gasteiger partial charge in [0.25, 0.3) is 0 Å². The summed E-state index contributed by atoms with van der Waals surface area (Å²) in [7, 11) is 8.61. The third-order valence-electron chi connectivity index (χ3n) is 0. The molecule has 21 valence electrons. The van der Waals surface area contributed by atoms with Crippen LogP contribution in [-0.2, 0) is 0 Å². The van der Waals surface area contributed by atoms with Gasteiger partial charge in [-0.25, -0.2) is 0 Å². The van der Waals surface area contributed by atoms with E-state index in [0.29, 0.717) is 0 Å². The minimum absolute atomic E-state index is 0.944. The predicted molar refractivity (Wildman–Crippen MR) is 28.8 cm³/mol. The van der Waals surface area contributed by atoms with Crippen molar-refractivity contribution in [2.24, 2.45) is 0 Å². The summed E-state index contributed by atoms with van der Waals surface area (Å²) in [5.74, 6) is 0. The normalized spacial score (nSPS) is 6.50. The van der Waals surface area contributed by atoms with Gasteiger partial charge >= 0.3 is 0 Å². The zero-order chi connectivity index (χ0) is 3.58. The second kappa shape index (κ2) is 2.08. The molecule has 0 rings (SSSR count). The molecule has 0 aromatic rings. The lowest BCUT2D eigenvalue weighted by Crippen LogP contribution is -1.66. The Kier molecular flexibility index (Phi) is 2.50. The lowest BCUT2D eigenvalue weighted by molar-refractivity contribution is 3.95. The third-order valence-corrected chi connectivity index (χ3v) is 0. The van der Waals surface area contributed by atoms with E-state index in [9.17, 15) is 0 Å². The molecule has 0 amide bonds. The molecule has 0 spiro atoms. The molecule has 0 N–H and O–H groups in total. The van der Waals surface area contributed by atoms with Crippen molar-refractivity contribution in [1.82, 2.24) is 0 Å². The van der Waals surface area contributed by atoms with Gasteiger partial charge in [-0.15, -0.1) is 18.1 Å². The molecule has 0 aliphatic rings. The molecule has 0 saturated heterocycles. The Labute approximate surface area is 33.8 Å². The maximum atomic E-state index is 3.10. The standard InChI is InChI=1S/CH3P2Si/c2-1(3)4/h2H,3H2. The van der Waals surface area contributed by atoms with Gasteiger partial charge in [-0.1, -0.05) is 4.66 Å². The van der Waals surface area contributed by atoms with E-state index in [0.717, 1.165) is 4.66 Å². The van der Waals surface area contributed by atoms with Crippen molar-refractivity contribution in [1.29, 1.82) is 0 Å². The summed E-state index contributed by atoms with van der Waals surface area (Å²) >= 11 is 0. The van der Waals surface area contributed by atoms with E-state index in [1.165, 1.54) is 0 Å². The molecule has 3 heteroatoms. The highest BCUT2D eigenvalue weighted by Crippen LogP contribution is 1.79. The predicted octanol–water partition coefficient (Wildman–Crippen LogP) is 0.260. The minimum atomic E-state index is 0.944. The van der Waals surface area contributed by atoms with Crippen LogP contribution in [0, 0.1) is 0 Å². The zero-order valence-corrected chi connectivity index (χ0v) is 5.23. The van der Waals surface area contributed by atoms with Crippen molar-refractivity contribution in [2.45, 2.75) is 0 Å². The molecule has 3 radical (unpaired) electrons. The van der Waals surface area contributed by atoms with Crippen LogP contribution in [0.1, 0.15) is 0 Å². The van der Waals surface area contributed by atoms with Gasteiger partial charge in [-0.3, -0.25) is 0 Å². The first-order chi connectivity index (χ1) is 1.73. The van der Waals surface area contributed by atoms with Gasteiger partial charge in [0.2, 0.25) is 0 Å². The number of rotatable bonds is 0. The summed E-state index contributed by atoms with van der Waals surface area (Å²) in [5.41, 5.74) is 0. The number of hydrogen-bond donors (Lipinski definition) is 0.